The van der Waals surface area contributed by atoms with Gasteiger partial charge in [0.25, 0.3) is 0 Å². The van der Waals surface area contributed by atoms with Crippen molar-refractivity contribution in [2.45, 2.75) is 19.8 Å². The number of nitrogens with one attached hydrogen (secondary N) is 6. The van der Waals surface area contributed by atoms with Crippen LogP contribution < -0.4 is 25.7 Å². The summed E-state index contributed by atoms with van der Waals surface area (Å²) in [7, 11) is 7.92. The van der Waals surface area contributed by atoms with Crippen molar-refractivity contribution in [3.63, 3.8) is 0 Å². The van der Waals surface area contributed by atoms with Crippen molar-refractivity contribution in [3.8, 4) is 45.6 Å². The van der Waals surface area contributed by atoms with Gasteiger partial charge in [-0.3, -0.25) is 0 Å². The Labute approximate surface area is 355 Å². The molecule has 2 aliphatic rings. The van der Waals surface area contributed by atoms with Crippen molar-refractivity contribution >= 4 is 48.6 Å². The predicted molar refractivity (Wildman–Crippen MR) is 248 cm³/mol. The van der Waals surface area contributed by atoms with Crippen LogP contribution in [0.15, 0.2) is 142 Å². The van der Waals surface area contributed by atoms with Gasteiger partial charge in [-0.25, -0.2) is 0 Å². The van der Waals surface area contributed by atoms with Gasteiger partial charge in [0.15, 0.2) is 0 Å². The summed E-state index contributed by atoms with van der Waals surface area (Å²) in [6.07, 6.45) is 8.05. The Balaban J connectivity index is 1.56. The Morgan fingerprint density at radius 3 is 1.13 bits per heavy atom. The average molecular weight is 849 g/mol. The van der Waals surface area contributed by atoms with E-state index in [1.807, 2.05) is 125 Å². The van der Waals surface area contributed by atoms with Crippen LogP contribution in [0.3, 0.4) is 0 Å². The maximum atomic E-state index is 5.50. The van der Waals surface area contributed by atoms with Gasteiger partial charge in [-0.2, -0.15) is 0 Å². The van der Waals surface area contributed by atoms with E-state index in [-0.39, 0.29) is 19.8 Å². The minimum atomic E-state index is -4.38. The minimum absolute atomic E-state index is 0.299. The molecule has 0 amide bonds. The molecule has 12 nitrogen and oxygen atoms in total. The van der Waals surface area contributed by atoms with E-state index in [1.165, 1.54) is 0 Å². The summed E-state index contributed by atoms with van der Waals surface area (Å²) in [6, 6.07) is 30.6. The zero-order chi connectivity index (χ0) is 42.5. The molecule has 3 aromatic heterocycles. The zero-order valence-electron chi connectivity index (χ0n) is 34.7. The molecule has 0 radical (unpaired) electrons. The number of fused-ring (bicyclic) bond motifs is 20. The van der Waals surface area contributed by atoms with Crippen molar-refractivity contribution in [3.05, 3.63) is 142 Å². The summed E-state index contributed by atoms with van der Waals surface area (Å²) in [5.74, 6) is 2.12. The summed E-state index contributed by atoms with van der Waals surface area (Å²) >= 11 is -4.38. The molecular weight excluding hydrogens is 800 g/mol. The Bertz CT molecular complexity index is 3010. The maximum absolute atomic E-state index is 5.50. The zero-order valence-corrected chi connectivity index (χ0v) is 35.8. The van der Waals surface area contributed by atoms with Crippen molar-refractivity contribution < 1.29 is 11.8 Å². The van der Waals surface area contributed by atoms with Crippen LogP contribution in [0.2, 0.25) is 0 Å². The molecule has 7 aromatic rings. The van der Waals surface area contributed by atoms with Crippen LogP contribution in [-0.4, -0.2) is 87.8 Å². The number of aromatic amines is 2. The molecule has 13 heteroatoms. The van der Waals surface area contributed by atoms with Crippen molar-refractivity contribution in [2.24, 2.45) is 0 Å². The molecule has 0 saturated carbocycles. The van der Waals surface area contributed by atoms with E-state index < -0.39 is 11.8 Å². The topological polar surface area (TPSA) is 157 Å². The van der Waals surface area contributed by atoms with Gasteiger partial charge >= 0.3 is 351 Å². The molecular formula is C48H49MnN12. The monoisotopic (exact) mass is 848 g/mol. The van der Waals surface area contributed by atoms with Gasteiger partial charge in [0.1, 0.15) is 0 Å². The molecule has 4 unspecified atom stereocenters. The molecule has 6 N–H and O–H groups in total. The number of nitrogens with zero attached hydrogens (tertiary/aromatic N) is 6. The number of H-pyrrole nitrogens is 2. The molecule has 0 spiro atoms. The second-order valence-corrected chi connectivity index (χ2v) is 22.1. The van der Waals surface area contributed by atoms with E-state index >= 15 is 0 Å². The molecule has 8 bridgehead atoms. The summed E-state index contributed by atoms with van der Waals surface area (Å²) in [5.41, 5.74) is 5.91. The first-order valence-corrected chi connectivity index (χ1v) is 23.4. The first-order chi connectivity index (χ1) is 29.8. The van der Waals surface area contributed by atoms with Gasteiger partial charge in [0.2, 0.25) is 0 Å². The summed E-state index contributed by atoms with van der Waals surface area (Å²) in [6.45, 7) is 17.9. The third-order valence-corrected chi connectivity index (χ3v) is 23.0. The Morgan fingerprint density at radius 2 is 0.754 bits per heavy atom. The van der Waals surface area contributed by atoms with Gasteiger partial charge in [0.05, 0.1) is 0 Å². The van der Waals surface area contributed by atoms with Crippen molar-refractivity contribution in [2.75, 3.05) is 28.2 Å². The summed E-state index contributed by atoms with van der Waals surface area (Å²) in [4.78, 5) is 37.6. The molecule has 308 valence electrons. The van der Waals surface area contributed by atoms with Gasteiger partial charge in [0, 0.05) is 0 Å². The second-order valence-electron chi connectivity index (χ2n) is 14.8. The van der Waals surface area contributed by atoms with Gasteiger partial charge in [-0.15, -0.1) is 0 Å². The molecule has 2 aliphatic heterocycles. The van der Waals surface area contributed by atoms with E-state index in [0.29, 0.717) is 45.9 Å². The second kappa shape index (κ2) is 15.5. The van der Waals surface area contributed by atoms with Crippen LogP contribution in [0.5, 0.6) is 0 Å². The molecule has 4 atom stereocenters. The first kappa shape index (κ1) is 40.0. The van der Waals surface area contributed by atoms with E-state index in [0.717, 1.165) is 48.3 Å². The van der Waals surface area contributed by atoms with Crippen LogP contribution in [0.4, 0.5) is 0 Å². The van der Waals surface area contributed by atoms with E-state index in [1.54, 1.807) is 0 Å². The first-order valence-electron chi connectivity index (χ1n) is 20.1. The van der Waals surface area contributed by atoms with Crippen molar-refractivity contribution in [1.82, 2.24) is 61.1 Å². The number of hydrogen-bond donors (Lipinski definition) is 6. The number of hydrogen-bond acceptors (Lipinski definition) is 10. The average Bonchev–Trinajstić information content (AvgIpc) is 4.03. The molecule has 9 rings (SSSR count). The summed E-state index contributed by atoms with van der Waals surface area (Å²) in [5, 5.41) is 18.5. The molecule has 5 heterocycles. The number of benzene rings is 4. The summed E-state index contributed by atoms with van der Waals surface area (Å²) < 4.78 is 1.05. The quantitative estimate of drug-likeness (QED) is 0.0522. The number of likely N-dealkylation sites (N-methyl/N-ethyl adjacent to an activating group) is 4. The normalized spacial score (nSPS) is 14.9. The molecule has 61 heavy (non-hydrogen) atoms. The molecule has 0 saturated heterocycles. The van der Waals surface area contributed by atoms with Gasteiger partial charge in [-0.1, -0.05) is 6.07 Å². The fraction of sp³-hybridized carbons (Fsp3) is 0.167. The third-order valence-electron chi connectivity index (χ3n) is 12.0. The molecule has 4 aromatic carbocycles. The fourth-order valence-corrected chi connectivity index (χ4v) is 21.0. The van der Waals surface area contributed by atoms with Crippen LogP contribution in [0.1, 0.15) is 0 Å². The molecule has 0 fully saturated rings. The van der Waals surface area contributed by atoms with Crippen LogP contribution >= 0.6 is 0 Å². The predicted octanol–water partition coefficient (Wildman–Crippen LogP) is 7.11. The Kier molecular flexibility index (Phi) is 10.2. The van der Waals surface area contributed by atoms with Gasteiger partial charge in [-0.05, 0) is 0 Å². The van der Waals surface area contributed by atoms with Crippen LogP contribution in [0, 0.1) is 0 Å². The standard InChI is InChI=1S/C32H17N8.4C4H8N.Mn/c1-2-10-18-17(9-1)25-33-26(18)38-28-21-13-5-6-14-22(21)30(35-28)40-32-24-16-8-7-15-23(24)31(36-32)39-29-20-12-4-3-11-19(20)27(34-29)37-25;4*1-3-4-5-2;/h1-15H,(H2,33,34,35,36,37,38,39,40);4*3-5H,1H2,2H3;. The third kappa shape index (κ3) is 5.52. The van der Waals surface area contributed by atoms with Crippen LogP contribution in [-0.2, 0) is 11.8 Å². The molecule has 0 aliphatic carbocycles. The van der Waals surface area contributed by atoms with Crippen molar-refractivity contribution in [1.29, 1.82) is 0 Å². The Hall–Kier alpha value is -6.44. The van der Waals surface area contributed by atoms with Gasteiger partial charge < -0.3 is 0 Å². The number of rotatable bonds is 13. The van der Waals surface area contributed by atoms with E-state index in [4.69, 9.17) is 29.9 Å². The van der Waals surface area contributed by atoms with Crippen LogP contribution in [0.25, 0.3) is 89.7 Å². The fourth-order valence-electron chi connectivity index (χ4n) is 9.64. The van der Waals surface area contributed by atoms with E-state index in [2.05, 4.69) is 75.7 Å². The number of aromatic nitrogens is 8. The Morgan fingerprint density at radius 1 is 0.426 bits per heavy atom. The SMILES string of the molecule is C=C[CH](NC)[Mn]([c]1cccc2c3nc4nc(nc5[nH]c(nc6nc(nc([nH]3)c12)-c1ccccc1-6)c1ccccc51)-c1ccccc1-4)([CH](C=C)NC)([CH](C=C)NC)[CH](C=C)NC. The van der Waals surface area contributed by atoms with E-state index in [9.17, 15) is 0 Å².